The van der Waals surface area contributed by atoms with Gasteiger partial charge in [-0.1, -0.05) is 0 Å². The molecule has 0 spiro atoms. The number of nitro groups is 1. The number of hydrogen-bond acceptors (Lipinski definition) is 8. The first-order chi connectivity index (χ1) is 12.6. The Labute approximate surface area is 169 Å². The van der Waals surface area contributed by atoms with Gasteiger partial charge in [-0.2, -0.15) is 0 Å². The lowest BCUT2D eigenvalue weighted by molar-refractivity contribution is -0.385. The first kappa shape index (κ1) is 22.4. The minimum Gasteiger partial charge on any atom is -0.508 e. The zero-order valence-electron chi connectivity index (χ0n) is 13.9. The monoisotopic (exact) mass is 505 g/mol. The summed E-state index contributed by atoms with van der Waals surface area (Å²) >= 11 is 6.12. The van der Waals surface area contributed by atoms with Crippen molar-refractivity contribution in [2.75, 3.05) is 14.2 Å². The van der Waals surface area contributed by atoms with Gasteiger partial charge in [-0.3, -0.25) is 10.1 Å². The van der Waals surface area contributed by atoms with E-state index in [-0.39, 0.29) is 15.8 Å². The van der Waals surface area contributed by atoms with E-state index < -0.39 is 28.3 Å². The minimum absolute atomic E-state index is 0.0120. The molecule has 0 aliphatic heterocycles. The van der Waals surface area contributed by atoms with Crippen molar-refractivity contribution in [2.24, 2.45) is 0 Å². The van der Waals surface area contributed by atoms with E-state index in [1.165, 1.54) is 25.3 Å². The fraction of sp³-hybridized carbons (Fsp3) is 0.125. The van der Waals surface area contributed by atoms with E-state index in [2.05, 4.69) is 41.3 Å². The smallest absolute Gasteiger partial charge is 0.339 e. The first-order valence-electron chi connectivity index (χ1n) is 6.94. The number of aromatic hydroxyl groups is 2. The maximum atomic E-state index is 11.2. The zero-order valence-corrected chi connectivity index (χ0v) is 17.1. The van der Waals surface area contributed by atoms with Crippen LogP contribution in [0.25, 0.3) is 0 Å². The van der Waals surface area contributed by atoms with Gasteiger partial charge in [0.1, 0.15) is 5.75 Å². The highest BCUT2D eigenvalue weighted by atomic mass is 79.9. The molecule has 2 N–H and O–H groups in total. The fourth-order valence-corrected chi connectivity index (χ4v) is 2.77. The number of ether oxygens (including phenoxy) is 2. The molecule has 2 aromatic carbocycles. The van der Waals surface area contributed by atoms with E-state index in [9.17, 15) is 24.8 Å². The highest BCUT2D eigenvalue weighted by Crippen LogP contribution is 2.32. The molecular formula is C16H13Br2NO8. The third-order valence-corrected chi connectivity index (χ3v) is 4.34. The Bertz CT molecular complexity index is 885. The number of esters is 2. The van der Waals surface area contributed by atoms with E-state index >= 15 is 0 Å². The summed E-state index contributed by atoms with van der Waals surface area (Å²) in [5, 5.41) is 28.7. The van der Waals surface area contributed by atoms with Crippen molar-refractivity contribution >= 4 is 49.5 Å². The number of rotatable bonds is 3. The van der Waals surface area contributed by atoms with Gasteiger partial charge in [0.25, 0.3) is 0 Å². The number of nitro benzene ring substituents is 1. The molecule has 11 heteroatoms. The maximum Gasteiger partial charge on any atom is 0.339 e. The molecule has 0 saturated heterocycles. The average Bonchev–Trinajstić information content (AvgIpc) is 2.60. The molecule has 2 aromatic rings. The molecule has 144 valence electrons. The van der Waals surface area contributed by atoms with E-state index in [4.69, 9.17) is 5.11 Å². The second kappa shape index (κ2) is 9.88. The van der Waals surface area contributed by atoms with Gasteiger partial charge in [0.05, 0.1) is 30.3 Å². The molecule has 0 bridgehead atoms. The van der Waals surface area contributed by atoms with Crippen LogP contribution >= 0.6 is 31.9 Å². The number of halogens is 2. The molecule has 2 rings (SSSR count). The topological polar surface area (TPSA) is 136 Å². The number of carbonyl (C=O) groups is 2. The third-order valence-electron chi connectivity index (χ3n) is 3.02. The maximum absolute atomic E-state index is 11.2. The van der Waals surface area contributed by atoms with Crippen LogP contribution in [0.4, 0.5) is 5.69 Å². The SMILES string of the molecule is COC(=O)c1cc([N+](=O)[O-])c(O)cc1Br.COC(=O)c1ccc(O)cc1Br. The van der Waals surface area contributed by atoms with Gasteiger partial charge in [-0.15, -0.1) is 0 Å². The van der Waals surface area contributed by atoms with Crippen LogP contribution in [0.2, 0.25) is 0 Å². The second-order valence-electron chi connectivity index (χ2n) is 4.73. The minimum atomic E-state index is -0.784. The Morgan fingerprint density at radius 3 is 1.96 bits per heavy atom. The van der Waals surface area contributed by atoms with Crippen LogP contribution < -0.4 is 0 Å². The summed E-state index contributed by atoms with van der Waals surface area (Å²) in [6.07, 6.45) is 0. The molecule has 0 radical (unpaired) electrons. The molecule has 0 atom stereocenters. The molecule has 0 aromatic heterocycles. The quantitative estimate of drug-likeness (QED) is 0.364. The van der Waals surface area contributed by atoms with Gasteiger partial charge in [-0.05, 0) is 50.1 Å². The predicted molar refractivity (Wildman–Crippen MR) is 101 cm³/mol. The molecule has 0 saturated carbocycles. The van der Waals surface area contributed by atoms with E-state index in [1.54, 1.807) is 0 Å². The van der Waals surface area contributed by atoms with Gasteiger partial charge in [0.15, 0.2) is 5.75 Å². The summed E-state index contributed by atoms with van der Waals surface area (Å²) in [4.78, 5) is 31.9. The van der Waals surface area contributed by atoms with Gasteiger partial charge in [0, 0.05) is 21.1 Å². The number of benzene rings is 2. The molecule has 0 aliphatic rings. The Kier molecular flexibility index (Phi) is 8.19. The van der Waals surface area contributed by atoms with E-state index in [0.29, 0.717) is 10.0 Å². The van der Waals surface area contributed by atoms with Crippen molar-refractivity contribution < 1.29 is 34.2 Å². The van der Waals surface area contributed by atoms with Crippen molar-refractivity contribution in [1.82, 2.24) is 0 Å². The van der Waals surface area contributed by atoms with Crippen LogP contribution in [0, 0.1) is 10.1 Å². The Morgan fingerprint density at radius 2 is 1.48 bits per heavy atom. The van der Waals surface area contributed by atoms with Crippen LogP contribution in [0.1, 0.15) is 20.7 Å². The van der Waals surface area contributed by atoms with Crippen molar-refractivity contribution in [3.05, 3.63) is 60.5 Å². The fourth-order valence-electron chi connectivity index (χ4n) is 1.74. The number of nitrogens with zero attached hydrogens (tertiary/aromatic N) is 1. The third kappa shape index (κ3) is 5.93. The summed E-state index contributed by atoms with van der Waals surface area (Å²) in [5.74, 6) is -1.55. The van der Waals surface area contributed by atoms with Crippen molar-refractivity contribution in [1.29, 1.82) is 0 Å². The number of phenolic OH excluding ortho intramolecular Hbond substituents is 2. The summed E-state index contributed by atoms with van der Waals surface area (Å²) in [5.41, 5.74) is -0.157. The van der Waals surface area contributed by atoms with Crippen molar-refractivity contribution in [3.8, 4) is 11.5 Å². The summed E-state index contributed by atoms with van der Waals surface area (Å²) < 4.78 is 9.68. The lowest BCUT2D eigenvalue weighted by atomic mass is 10.2. The van der Waals surface area contributed by atoms with Gasteiger partial charge in [0.2, 0.25) is 0 Å². The van der Waals surface area contributed by atoms with Crippen molar-refractivity contribution in [3.63, 3.8) is 0 Å². The average molecular weight is 507 g/mol. The van der Waals surface area contributed by atoms with Gasteiger partial charge in [-0.25, -0.2) is 9.59 Å². The van der Waals surface area contributed by atoms with Crippen LogP contribution in [0.3, 0.4) is 0 Å². The lowest BCUT2D eigenvalue weighted by Crippen LogP contribution is -2.03. The number of hydrogen-bond donors (Lipinski definition) is 2. The van der Waals surface area contributed by atoms with E-state index in [0.717, 1.165) is 19.2 Å². The summed E-state index contributed by atoms with van der Waals surface area (Å²) in [6.45, 7) is 0. The Hall–Kier alpha value is -2.66. The molecule has 0 unspecified atom stereocenters. The van der Waals surface area contributed by atoms with Crippen LogP contribution in [0.15, 0.2) is 39.3 Å². The zero-order chi connectivity index (χ0) is 20.7. The normalized spacial score (nSPS) is 9.63. The molecule has 0 amide bonds. The van der Waals surface area contributed by atoms with Gasteiger partial charge >= 0.3 is 17.6 Å². The first-order valence-corrected chi connectivity index (χ1v) is 8.53. The molecular weight excluding hydrogens is 494 g/mol. The van der Waals surface area contributed by atoms with Gasteiger partial charge < -0.3 is 19.7 Å². The highest BCUT2D eigenvalue weighted by molar-refractivity contribution is 9.10. The molecule has 9 nitrogen and oxygen atoms in total. The molecule has 0 heterocycles. The summed E-state index contributed by atoms with van der Waals surface area (Å²) in [6, 6.07) is 6.38. The highest BCUT2D eigenvalue weighted by Gasteiger charge is 2.20. The largest absolute Gasteiger partial charge is 0.508 e. The Balaban J connectivity index is 0.000000277. The standard InChI is InChI=1S/C8H6BrNO5.C8H7BrO3/c1-15-8(12)4-2-6(10(13)14)7(11)3-5(4)9;1-12-8(11)6-3-2-5(10)4-7(6)9/h2-3,11H,1H3;2-4,10H,1H3. The number of carbonyl (C=O) groups excluding carboxylic acids is 2. The summed E-state index contributed by atoms with van der Waals surface area (Å²) in [7, 11) is 2.47. The molecule has 0 fully saturated rings. The Morgan fingerprint density at radius 1 is 0.963 bits per heavy atom. The van der Waals surface area contributed by atoms with E-state index in [1.807, 2.05) is 0 Å². The predicted octanol–water partition coefficient (Wildman–Crippen LogP) is 3.79. The van der Waals surface area contributed by atoms with Crippen LogP contribution in [-0.4, -0.2) is 41.3 Å². The van der Waals surface area contributed by atoms with Crippen LogP contribution in [-0.2, 0) is 9.47 Å². The molecule has 27 heavy (non-hydrogen) atoms. The number of methoxy groups -OCH3 is 2. The number of phenols is 2. The van der Waals surface area contributed by atoms with Crippen LogP contribution in [0.5, 0.6) is 11.5 Å². The second-order valence-corrected chi connectivity index (χ2v) is 6.43. The van der Waals surface area contributed by atoms with Crippen molar-refractivity contribution in [2.45, 2.75) is 0 Å². The lowest BCUT2D eigenvalue weighted by Gasteiger charge is -2.03. The molecule has 0 aliphatic carbocycles.